The number of ether oxygens (including phenoxy) is 1. The molecule has 0 bridgehead atoms. The lowest BCUT2D eigenvalue weighted by molar-refractivity contribution is -0.0372. The van der Waals surface area contributed by atoms with E-state index in [1.165, 1.54) is 18.4 Å². The maximum Gasteiger partial charge on any atom is 0.0710 e. The summed E-state index contributed by atoms with van der Waals surface area (Å²) >= 11 is 0. The normalized spacial score (nSPS) is 33.2. The zero-order valence-corrected chi connectivity index (χ0v) is 13.5. The Labute approximate surface area is 128 Å². The third-order valence-corrected chi connectivity index (χ3v) is 4.89. The van der Waals surface area contributed by atoms with E-state index < -0.39 is 0 Å². The summed E-state index contributed by atoms with van der Waals surface area (Å²) < 4.78 is 6.18. The highest BCUT2D eigenvalue weighted by atomic mass is 16.5. The van der Waals surface area contributed by atoms with Crippen LogP contribution in [0.1, 0.15) is 45.2 Å². The molecule has 3 heteroatoms. The molecule has 3 rings (SSSR count). The maximum atomic E-state index is 6.18. The van der Waals surface area contributed by atoms with Crippen molar-refractivity contribution >= 4 is 0 Å². The van der Waals surface area contributed by atoms with E-state index in [1.807, 2.05) is 0 Å². The molecule has 1 aromatic carbocycles. The second kappa shape index (κ2) is 6.07. The Balaban J connectivity index is 1.62. The lowest BCUT2D eigenvalue weighted by Gasteiger charge is -2.40. The van der Waals surface area contributed by atoms with Crippen LogP contribution in [-0.2, 0) is 4.74 Å². The molecule has 3 nitrogen and oxygen atoms in total. The minimum Gasteiger partial charge on any atom is -0.371 e. The predicted molar refractivity (Wildman–Crippen MR) is 86.4 cm³/mol. The van der Waals surface area contributed by atoms with Gasteiger partial charge in [-0.15, -0.1) is 0 Å². The van der Waals surface area contributed by atoms with Crippen LogP contribution < -0.4 is 5.32 Å². The Morgan fingerprint density at radius 1 is 1.29 bits per heavy atom. The van der Waals surface area contributed by atoms with Gasteiger partial charge in [-0.3, -0.25) is 4.90 Å². The maximum absolute atomic E-state index is 6.18. The van der Waals surface area contributed by atoms with E-state index >= 15 is 0 Å². The fourth-order valence-electron chi connectivity index (χ4n) is 3.55. The van der Waals surface area contributed by atoms with E-state index in [1.54, 1.807) is 0 Å². The first-order valence-corrected chi connectivity index (χ1v) is 8.24. The molecule has 0 radical (unpaired) electrons. The van der Waals surface area contributed by atoms with Gasteiger partial charge >= 0.3 is 0 Å². The molecule has 0 amide bonds. The number of nitrogens with one attached hydrogen (secondary N) is 1. The molecule has 0 spiro atoms. The fraction of sp³-hybridized carbons (Fsp3) is 0.667. The smallest absolute Gasteiger partial charge is 0.0710 e. The van der Waals surface area contributed by atoms with Crippen LogP contribution in [-0.4, -0.2) is 42.3 Å². The van der Waals surface area contributed by atoms with Gasteiger partial charge in [-0.2, -0.15) is 0 Å². The number of benzene rings is 1. The van der Waals surface area contributed by atoms with E-state index in [0.29, 0.717) is 18.2 Å². The van der Waals surface area contributed by atoms with Crippen molar-refractivity contribution in [2.75, 3.05) is 19.6 Å². The molecule has 2 saturated heterocycles. The Morgan fingerprint density at radius 2 is 2.05 bits per heavy atom. The molecule has 116 valence electrons. The second-order valence-corrected chi connectivity index (χ2v) is 7.21. The van der Waals surface area contributed by atoms with Crippen LogP contribution in [0.4, 0.5) is 0 Å². The van der Waals surface area contributed by atoms with Gasteiger partial charge in [0.2, 0.25) is 0 Å². The van der Waals surface area contributed by atoms with Crippen LogP contribution in [0.2, 0.25) is 0 Å². The Bertz CT molecular complexity index is 460. The first-order valence-electron chi connectivity index (χ1n) is 8.24. The molecule has 0 aliphatic carbocycles. The van der Waals surface area contributed by atoms with Gasteiger partial charge in [-0.05, 0) is 39.2 Å². The van der Waals surface area contributed by atoms with Crippen LogP contribution >= 0.6 is 0 Å². The van der Waals surface area contributed by atoms with Crippen LogP contribution in [0.5, 0.6) is 0 Å². The summed E-state index contributed by atoms with van der Waals surface area (Å²) in [5.41, 5.74) is 1.46. The Kier molecular flexibility index (Phi) is 4.34. The van der Waals surface area contributed by atoms with E-state index in [-0.39, 0.29) is 5.60 Å². The monoisotopic (exact) mass is 288 g/mol. The molecule has 3 unspecified atom stereocenters. The molecule has 0 saturated carbocycles. The number of piperazine rings is 1. The Hall–Kier alpha value is -0.900. The molecule has 2 fully saturated rings. The lowest BCUT2D eigenvalue weighted by Crippen LogP contribution is -2.53. The molecule has 1 N–H and O–H groups in total. The number of hydrogen-bond donors (Lipinski definition) is 1. The fourth-order valence-corrected chi connectivity index (χ4v) is 3.55. The van der Waals surface area contributed by atoms with Crippen molar-refractivity contribution in [2.45, 2.75) is 57.4 Å². The van der Waals surface area contributed by atoms with E-state index in [9.17, 15) is 0 Å². The van der Waals surface area contributed by atoms with Gasteiger partial charge in [-0.1, -0.05) is 30.3 Å². The number of nitrogens with zero attached hydrogens (tertiary/aromatic N) is 1. The number of hydrogen-bond acceptors (Lipinski definition) is 3. The Morgan fingerprint density at radius 3 is 2.71 bits per heavy atom. The SMILES string of the molecule is CC1CNC(c2ccccc2)CN1CC1CCC(C)(C)O1. The third-order valence-electron chi connectivity index (χ3n) is 4.89. The predicted octanol–water partition coefficient (Wildman–Crippen LogP) is 2.98. The van der Waals surface area contributed by atoms with E-state index in [2.05, 4.69) is 61.3 Å². The van der Waals surface area contributed by atoms with Gasteiger partial charge in [-0.25, -0.2) is 0 Å². The summed E-state index contributed by atoms with van der Waals surface area (Å²) in [4.78, 5) is 2.60. The average Bonchev–Trinajstić information content (AvgIpc) is 2.81. The first-order chi connectivity index (χ1) is 10.0. The highest BCUT2D eigenvalue weighted by Gasteiger charge is 2.35. The van der Waals surface area contributed by atoms with E-state index in [4.69, 9.17) is 4.74 Å². The van der Waals surface area contributed by atoms with Crippen molar-refractivity contribution < 1.29 is 4.74 Å². The molecular formula is C18H28N2O. The van der Waals surface area contributed by atoms with Crippen LogP contribution in [0.15, 0.2) is 30.3 Å². The van der Waals surface area contributed by atoms with Gasteiger partial charge in [0.25, 0.3) is 0 Å². The first kappa shape index (κ1) is 15.0. The summed E-state index contributed by atoms with van der Waals surface area (Å²) in [6.45, 7) is 9.92. The van der Waals surface area contributed by atoms with Crippen LogP contribution in [0.25, 0.3) is 0 Å². The van der Waals surface area contributed by atoms with Crippen molar-refractivity contribution in [3.05, 3.63) is 35.9 Å². The molecule has 2 aliphatic heterocycles. The second-order valence-electron chi connectivity index (χ2n) is 7.21. The molecule has 3 atom stereocenters. The third kappa shape index (κ3) is 3.65. The van der Waals surface area contributed by atoms with Crippen LogP contribution in [0, 0.1) is 0 Å². The minimum atomic E-state index is 0.0702. The summed E-state index contributed by atoms with van der Waals surface area (Å²) in [7, 11) is 0. The van der Waals surface area contributed by atoms with Gasteiger partial charge in [0.05, 0.1) is 11.7 Å². The lowest BCUT2D eigenvalue weighted by atomic mass is 10.0. The van der Waals surface area contributed by atoms with Crippen LogP contribution in [0.3, 0.4) is 0 Å². The molecule has 0 aromatic heterocycles. The van der Waals surface area contributed by atoms with Crippen molar-refractivity contribution in [3.63, 3.8) is 0 Å². The van der Waals surface area contributed by atoms with Crippen molar-refractivity contribution in [3.8, 4) is 0 Å². The standard InChI is InChI=1S/C18H28N2O/c1-14-11-19-17(15-7-5-4-6-8-15)13-20(14)12-16-9-10-18(2,3)21-16/h4-8,14,16-17,19H,9-13H2,1-3H3. The van der Waals surface area contributed by atoms with Gasteiger partial charge < -0.3 is 10.1 Å². The molecular weight excluding hydrogens is 260 g/mol. The topological polar surface area (TPSA) is 24.5 Å². The molecule has 2 heterocycles. The van der Waals surface area contributed by atoms with Crippen molar-refractivity contribution in [2.24, 2.45) is 0 Å². The van der Waals surface area contributed by atoms with E-state index in [0.717, 1.165) is 19.6 Å². The summed E-state index contributed by atoms with van der Waals surface area (Å²) in [5.74, 6) is 0. The van der Waals surface area contributed by atoms with Crippen molar-refractivity contribution in [1.29, 1.82) is 0 Å². The largest absolute Gasteiger partial charge is 0.371 e. The zero-order valence-electron chi connectivity index (χ0n) is 13.5. The van der Waals surface area contributed by atoms with Gasteiger partial charge in [0, 0.05) is 31.7 Å². The summed E-state index contributed by atoms with van der Waals surface area (Å²) in [5, 5.41) is 3.67. The number of rotatable bonds is 3. The quantitative estimate of drug-likeness (QED) is 0.925. The van der Waals surface area contributed by atoms with Gasteiger partial charge in [0.15, 0.2) is 0 Å². The molecule has 1 aromatic rings. The van der Waals surface area contributed by atoms with Gasteiger partial charge in [0.1, 0.15) is 0 Å². The highest BCUT2D eigenvalue weighted by molar-refractivity contribution is 5.20. The highest BCUT2D eigenvalue weighted by Crippen LogP contribution is 2.31. The molecule has 21 heavy (non-hydrogen) atoms. The minimum absolute atomic E-state index is 0.0702. The molecule has 2 aliphatic rings. The average molecular weight is 288 g/mol. The zero-order chi connectivity index (χ0) is 14.9. The summed E-state index contributed by atoms with van der Waals surface area (Å²) in [6.07, 6.45) is 2.77. The summed E-state index contributed by atoms with van der Waals surface area (Å²) in [6, 6.07) is 11.8. The van der Waals surface area contributed by atoms with Crippen molar-refractivity contribution in [1.82, 2.24) is 10.2 Å².